The van der Waals surface area contributed by atoms with Crippen LogP contribution in [0.2, 0.25) is 0 Å². The topological polar surface area (TPSA) is 20.3 Å². The van der Waals surface area contributed by atoms with Gasteiger partial charge in [-0.25, -0.2) is 0 Å². The van der Waals surface area contributed by atoms with E-state index in [1.54, 1.807) is 6.92 Å². The highest BCUT2D eigenvalue weighted by molar-refractivity contribution is 5.78. The number of hydrogen-bond donors (Lipinski definition) is 0. The molecule has 0 amide bonds. The largest absolute Gasteiger partial charge is 0.305 e. The van der Waals surface area contributed by atoms with Gasteiger partial charge in [-0.15, -0.1) is 0 Å². The van der Waals surface area contributed by atoms with Gasteiger partial charge in [0.15, 0.2) is 0 Å². The summed E-state index contributed by atoms with van der Waals surface area (Å²) in [7, 11) is 4.08. The standard InChI is InChI=1S/C12H17NO/c1-10(14)7-11-5-4-6-12(8-11)9-13(2)3/h4-6,8H,7,9H2,1-3H3. The van der Waals surface area contributed by atoms with Gasteiger partial charge in [0.2, 0.25) is 0 Å². The number of rotatable bonds is 4. The van der Waals surface area contributed by atoms with Gasteiger partial charge in [-0.05, 0) is 32.1 Å². The summed E-state index contributed by atoms with van der Waals surface area (Å²) < 4.78 is 0. The first kappa shape index (κ1) is 10.9. The van der Waals surface area contributed by atoms with Crippen LogP contribution in [0.4, 0.5) is 0 Å². The van der Waals surface area contributed by atoms with Gasteiger partial charge in [0.05, 0.1) is 0 Å². The number of benzene rings is 1. The summed E-state index contributed by atoms with van der Waals surface area (Å²) in [6, 6.07) is 8.20. The van der Waals surface area contributed by atoms with Crippen LogP contribution in [-0.2, 0) is 17.8 Å². The maximum Gasteiger partial charge on any atom is 0.134 e. The molecule has 0 atom stereocenters. The Morgan fingerprint density at radius 2 is 1.93 bits per heavy atom. The van der Waals surface area contributed by atoms with Crippen molar-refractivity contribution in [1.29, 1.82) is 0 Å². The Labute approximate surface area is 85.5 Å². The molecule has 2 nitrogen and oxygen atoms in total. The molecule has 1 aromatic rings. The Bertz CT molecular complexity index is 318. The fraction of sp³-hybridized carbons (Fsp3) is 0.417. The summed E-state index contributed by atoms with van der Waals surface area (Å²) in [5.41, 5.74) is 2.37. The highest BCUT2D eigenvalue weighted by atomic mass is 16.1. The molecule has 14 heavy (non-hydrogen) atoms. The van der Waals surface area contributed by atoms with Crippen molar-refractivity contribution in [3.63, 3.8) is 0 Å². The molecule has 2 heteroatoms. The molecule has 0 bridgehead atoms. The van der Waals surface area contributed by atoms with Crippen molar-refractivity contribution >= 4 is 5.78 Å². The fourth-order valence-corrected chi connectivity index (χ4v) is 1.49. The van der Waals surface area contributed by atoms with Gasteiger partial charge in [0.1, 0.15) is 5.78 Å². The monoisotopic (exact) mass is 191 g/mol. The van der Waals surface area contributed by atoms with Crippen molar-refractivity contribution in [2.75, 3.05) is 14.1 Å². The molecule has 0 fully saturated rings. The van der Waals surface area contributed by atoms with Crippen LogP contribution in [0.5, 0.6) is 0 Å². The molecular formula is C12H17NO. The van der Waals surface area contributed by atoms with E-state index >= 15 is 0 Å². The number of ketones is 1. The van der Waals surface area contributed by atoms with Gasteiger partial charge in [0.25, 0.3) is 0 Å². The summed E-state index contributed by atoms with van der Waals surface area (Å²) >= 11 is 0. The fourth-order valence-electron chi connectivity index (χ4n) is 1.49. The SMILES string of the molecule is CC(=O)Cc1cccc(CN(C)C)c1. The second-order valence-corrected chi connectivity index (χ2v) is 3.94. The van der Waals surface area contributed by atoms with E-state index in [0.29, 0.717) is 6.42 Å². The lowest BCUT2D eigenvalue weighted by molar-refractivity contribution is -0.116. The lowest BCUT2D eigenvalue weighted by Crippen LogP contribution is -2.10. The molecule has 0 aliphatic heterocycles. The second kappa shape index (κ2) is 4.91. The van der Waals surface area contributed by atoms with Crippen molar-refractivity contribution < 1.29 is 4.79 Å². The van der Waals surface area contributed by atoms with Crippen molar-refractivity contribution in [1.82, 2.24) is 4.90 Å². The number of nitrogens with zero attached hydrogens (tertiary/aromatic N) is 1. The third-order valence-electron chi connectivity index (χ3n) is 1.94. The predicted molar refractivity (Wildman–Crippen MR) is 58.2 cm³/mol. The van der Waals surface area contributed by atoms with E-state index in [0.717, 1.165) is 12.1 Å². The minimum absolute atomic E-state index is 0.215. The van der Waals surface area contributed by atoms with Gasteiger partial charge >= 0.3 is 0 Å². The van der Waals surface area contributed by atoms with E-state index in [4.69, 9.17) is 0 Å². The Morgan fingerprint density at radius 3 is 2.50 bits per heavy atom. The third-order valence-corrected chi connectivity index (χ3v) is 1.94. The normalized spacial score (nSPS) is 10.6. The average molecular weight is 191 g/mol. The molecule has 0 heterocycles. The summed E-state index contributed by atoms with van der Waals surface area (Å²) in [5.74, 6) is 0.215. The van der Waals surface area contributed by atoms with E-state index in [9.17, 15) is 4.79 Å². The van der Waals surface area contributed by atoms with Crippen LogP contribution in [0.15, 0.2) is 24.3 Å². The smallest absolute Gasteiger partial charge is 0.134 e. The molecule has 0 spiro atoms. The van der Waals surface area contributed by atoms with Crippen molar-refractivity contribution in [3.8, 4) is 0 Å². The van der Waals surface area contributed by atoms with Crippen molar-refractivity contribution in [2.24, 2.45) is 0 Å². The maximum absolute atomic E-state index is 10.9. The lowest BCUT2D eigenvalue weighted by Gasteiger charge is -2.10. The zero-order valence-corrected chi connectivity index (χ0v) is 9.08. The zero-order valence-electron chi connectivity index (χ0n) is 9.08. The molecule has 0 saturated heterocycles. The van der Waals surface area contributed by atoms with Gasteiger partial charge < -0.3 is 4.90 Å². The van der Waals surface area contributed by atoms with E-state index in [1.807, 2.05) is 26.2 Å². The summed E-state index contributed by atoms with van der Waals surface area (Å²) in [6.07, 6.45) is 0.543. The van der Waals surface area contributed by atoms with Crippen LogP contribution in [0, 0.1) is 0 Å². The van der Waals surface area contributed by atoms with E-state index < -0.39 is 0 Å². The maximum atomic E-state index is 10.9. The Morgan fingerprint density at radius 1 is 1.29 bits per heavy atom. The van der Waals surface area contributed by atoms with Gasteiger partial charge in [-0.1, -0.05) is 24.3 Å². The summed E-state index contributed by atoms with van der Waals surface area (Å²) in [5, 5.41) is 0. The highest BCUT2D eigenvalue weighted by Gasteiger charge is 1.99. The van der Waals surface area contributed by atoms with Gasteiger partial charge in [0, 0.05) is 13.0 Å². The van der Waals surface area contributed by atoms with E-state index in [-0.39, 0.29) is 5.78 Å². The Hall–Kier alpha value is -1.15. The first-order valence-electron chi connectivity index (χ1n) is 4.80. The van der Waals surface area contributed by atoms with E-state index in [1.165, 1.54) is 5.56 Å². The Kier molecular flexibility index (Phi) is 3.84. The lowest BCUT2D eigenvalue weighted by atomic mass is 10.1. The zero-order chi connectivity index (χ0) is 10.6. The molecule has 0 radical (unpaired) electrons. The third kappa shape index (κ3) is 3.71. The van der Waals surface area contributed by atoms with Crippen molar-refractivity contribution in [3.05, 3.63) is 35.4 Å². The molecule has 0 aliphatic rings. The van der Waals surface area contributed by atoms with Crippen LogP contribution in [-0.4, -0.2) is 24.8 Å². The predicted octanol–water partition coefficient (Wildman–Crippen LogP) is 1.88. The molecule has 0 saturated carbocycles. The molecule has 0 aliphatic carbocycles. The molecular weight excluding hydrogens is 174 g/mol. The molecule has 76 valence electrons. The van der Waals surface area contributed by atoms with Crippen LogP contribution in [0.1, 0.15) is 18.1 Å². The minimum Gasteiger partial charge on any atom is -0.305 e. The Balaban J connectivity index is 2.73. The second-order valence-electron chi connectivity index (χ2n) is 3.94. The number of hydrogen-bond acceptors (Lipinski definition) is 2. The molecule has 1 rings (SSSR count). The van der Waals surface area contributed by atoms with Crippen LogP contribution >= 0.6 is 0 Å². The van der Waals surface area contributed by atoms with Crippen molar-refractivity contribution in [2.45, 2.75) is 19.9 Å². The number of Topliss-reactive ketones (excluding diaryl/α,β-unsaturated/α-hetero) is 1. The van der Waals surface area contributed by atoms with Gasteiger partial charge in [-0.3, -0.25) is 4.79 Å². The molecule has 0 aromatic heterocycles. The molecule has 0 unspecified atom stereocenters. The van der Waals surface area contributed by atoms with Gasteiger partial charge in [-0.2, -0.15) is 0 Å². The van der Waals surface area contributed by atoms with Crippen LogP contribution < -0.4 is 0 Å². The van der Waals surface area contributed by atoms with Crippen LogP contribution in [0.3, 0.4) is 0 Å². The molecule has 0 N–H and O–H groups in total. The van der Waals surface area contributed by atoms with Crippen LogP contribution in [0.25, 0.3) is 0 Å². The number of carbonyl (C=O) groups is 1. The molecule has 1 aromatic carbocycles. The van der Waals surface area contributed by atoms with E-state index in [2.05, 4.69) is 17.0 Å². The summed E-state index contributed by atoms with van der Waals surface area (Å²) in [6.45, 7) is 2.55. The summed E-state index contributed by atoms with van der Waals surface area (Å²) in [4.78, 5) is 13.1. The quantitative estimate of drug-likeness (QED) is 0.724. The average Bonchev–Trinajstić information content (AvgIpc) is 2.01. The highest BCUT2D eigenvalue weighted by Crippen LogP contribution is 2.07. The number of carbonyl (C=O) groups excluding carboxylic acids is 1. The first-order chi connectivity index (χ1) is 6.58. The minimum atomic E-state index is 0.215. The first-order valence-corrected chi connectivity index (χ1v) is 4.80.